The maximum Gasteiger partial charge on any atom is 0.233 e. The monoisotopic (exact) mass is 304 g/mol. The Labute approximate surface area is 128 Å². The first-order valence-corrected chi connectivity index (χ1v) is 7.30. The van der Waals surface area contributed by atoms with Crippen molar-refractivity contribution in [1.29, 1.82) is 0 Å². The molecule has 6 nitrogen and oxygen atoms in total. The van der Waals surface area contributed by atoms with Crippen LogP contribution in [0.5, 0.6) is 0 Å². The van der Waals surface area contributed by atoms with E-state index in [0.29, 0.717) is 16.9 Å². The highest BCUT2D eigenvalue weighted by atomic mass is 35.5. The maximum absolute atomic E-state index is 6.12. The molecule has 0 radical (unpaired) electrons. The summed E-state index contributed by atoms with van der Waals surface area (Å²) >= 11 is 6.12. The van der Waals surface area contributed by atoms with E-state index in [-0.39, 0.29) is 5.95 Å². The van der Waals surface area contributed by atoms with Gasteiger partial charge < -0.3 is 16.0 Å². The van der Waals surface area contributed by atoms with Crippen molar-refractivity contribution < 1.29 is 0 Å². The van der Waals surface area contributed by atoms with Gasteiger partial charge in [-0.05, 0) is 37.5 Å². The molecular weight excluding hydrogens is 288 g/mol. The van der Waals surface area contributed by atoms with Crippen LogP contribution in [-0.2, 0) is 0 Å². The Kier molecular flexibility index (Phi) is 3.79. The third-order valence-corrected chi connectivity index (χ3v) is 3.95. The van der Waals surface area contributed by atoms with Gasteiger partial charge in [-0.3, -0.25) is 0 Å². The van der Waals surface area contributed by atoms with E-state index in [9.17, 15) is 0 Å². The van der Waals surface area contributed by atoms with Gasteiger partial charge >= 0.3 is 0 Å². The van der Waals surface area contributed by atoms with Crippen molar-refractivity contribution in [2.75, 3.05) is 29.0 Å². The van der Waals surface area contributed by atoms with Crippen LogP contribution in [0.2, 0.25) is 5.02 Å². The molecule has 0 amide bonds. The molecule has 3 N–H and O–H groups in total. The standard InChI is InChI=1S/C14H17ClN6/c1-9-10(15)5-4-6-11(9)17-13-18-12(16)19-14(20-13)21-7-2-3-8-21/h4-6H,2-3,7-8H2,1H3,(H3,16,17,18,19,20). The molecule has 1 aliphatic rings. The summed E-state index contributed by atoms with van der Waals surface area (Å²) in [5.74, 6) is 1.28. The molecule has 2 aromatic rings. The zero-order chi connectivity index (χ0) is 14.8. The van der Waals surface area contributed by atoms with Crippen LogP contribution in [0.4, 0.5) is 23.5 Å². The van der Waals surface area contributed by atoms with Crippen molar-refractivity contribution in [2.24, 2.45) is 0 Å². The molecule has 1 aliphatic heterocycles. The predicted octanol–water partition coefficient (Wildman–Crippen LogP) is 2.76. The van der Waals surface area contributed by atoms with Gasteiger partial charge in [-0.1, -0.05) is 17.7 Å². The van der Waals surface area contributed by atoms with Crippen LogP contribution in [-0.4, -0.2) is 28.0 Å². The molecule has 0 bridgehead atoms. The Morgan fingerprint density at radius 3 is 2.71 bits per heavy atom. The minimum Gasteiger partial charge on any atom is -0.368 e. The molecule has 0 aliphatic carbocycles. The van der Waals surface area contributed by atoms with E-state index in [0.717, 1.165) is 37.2 Å². The number of nitrogens with two attached hydrogens (primary N) is 1. The molecule has 0 spiro atoms. The molecule has 0 saturated carbocycles. The minimum atomic E-state index is 0.217. The number of rotatable bonds is 3. The van der Waals surface area contributed by atoms with E-state index in [2.05, 4.69) is 25.2 Å². The van der Waals surface area contributed by atoms with Crippen LogP contribution < -0.4 is 16.0 Å². The summed E-state index contributed by atoms with van der Waals surface area (Å²) in [6, 6.07) is 5.65. The second-order valence-corrected chi connectivity index (χ2v) is 5.46. The van der Waals surface area contributed by atoms with Gasteiger partial charge in [-0.15, -0.1) is 0 Å². The van der Waals surface area contributed by atoms with Gasteiger partial charge in [-0.25, -0.2) is 0 Å². The summed E-state index contributed by atoms with van der Waals surface area (Å²) in [6.07, 6.45) is 2.31. The van der Waals surface area contributed by atoms with E-state index < -0.39 is 0 Å². The largest absolute Gasteiger partial charge is 0.368 e. The number of halogens is 1. The number of nitrogens with one attached hydrogen (secondary N) is 1. The topological polar surface area (TPSA) is 80.0 Å². The fourth-order valence-corrected chi connectivity index (χ4v) is 2.53. The van der Waals surface area contributed by atoms with Gasteiger partial charge in [0.2, 0.25) is 17.8 Å². The Bertz CT molecular complexity index is 654. The second kappa shape index (κ2) is 5.73. The van der Waals surface area contributed by atoms with E-state index >= 15 is 0 Å². The number of hydrogen-bond donors (Lipinski definition) is 2. The Morgan fingerprint density at radius 1 is 1.19 bits per heavy atom. The van der Waals surface area contributed by atoms with Crippen molar-refractivity contribution in [3.8, 4) is 0 Å². The lowest BCUT2D eigenvalue weighted by Gasteiger charge is -2.16. The van der Waals surface area contributed by atoms with E-state index in [1.165, 1.54) is 0 Å². The number of nitrogens with zero attached hydrogens (tertiary/aromatic N) is 4. The lowest BCUT2D eigenvalue weighted by Crippen LogP contribution is -2.22. The number of hydrogen-bond acceptors (Lipinski definition) is 6. The first kappa shape index (κ1) is 13.9. The Balaban J connectivity index is 1.89. The van der Waals surface area contributed by atoms with Crippen LogP contribution in [0.3, 0.4) is 0 Å². The molecule has 0 unspecified atom stereocenters. The molecule has 1 saturated heterocycles. The molecule has 1 aromatic carbocycles. The average Bonchev–Trinajstić information content (AvgIpc) is 2.97. The highest BCUT2D eigenvalue weighted by Gasteiger charge is 2.17. The lowest BCUT2D eigenvalue weighted by molar-refractivity contribution is 0.887. The van der Waals surface area contributed by atoms with Crippen molar-refractivity contribution in [1.82, 2.24) is 15.0 Å². The van der Waals surface area contributed by atoms with Crippen molar-refractivity contribution >= 4 is 35.1 Å². The van der Waals surface area contributed by atoms with Crippen molar-refractivity contribution in [2.45, 2.75) is 19.8 Å². The fraction of sp³-hybridized carbons (Fsp3) is 0.357. The maximum atomic E-state index is 6.12. The smallest absolute Gasteiger partial charge is 0.233 e. The molecule has 7 heteroatoms. The Morgan fingerprint density at radius 2 is 1.95 bits per heavy atom. The molecule has 2 heterocycles. The van der Waals surface area contributed by atoms with E-state index in [1.54, 1.807) is 0 Å². The predicted molar refractivity (Wildman–Crippen MR) is 85.2 cm³/mol. The van der Waals surface area contributed by atoms with Gasteiger partial charge in [-0.2, -0.15) is 15.0 Å². The zero-order valence-electron chi connectivity index (χ0n) is 11.8. The third-order valence-electron chi connectivity index (χ3n) is 3.54. The van der Waals surface area contributed by atoms with Gasteiger partial charge in [0.25, 0.3) is 0 Å². The molecule has 3 rings (SSSR count). The SMILES string of the molecule is Cc1c(Cl)cccc1Nc1nc(N)nc(N2CCCC2)n1. The number of benzene rings is 1. The number of nitrogen functional groups attached to an aromatic ring is 1. The lowest BCUT2D eigenvalue weighted by atomic mass is 10.2. The van der Waals surface area contributed by atoms with Gasteiger partial charge in [0.15, 0.2) is 0 Å². The van der Waals surface area contributed by atoms with Crippen molar-refractivity contribution in [3.05, 3.63) is 28.8 Å². The molecule has 1 fully saturated rings. The van der Waals surface area contributed by atoms with Crippen molar-refractivity contribution in [3.63, 3.8) is 0 Å². The summed E-state index contributed by atoms with van der Waals surface area (Å²) in [5.41, 5.74) is 7.60. The first-order chi connectivity index (χ1) is 10.1. The van der Waals surface area contributed by atoms with E-state index in [4.69, 9.17) is 17.3 Å². The van der Waals surface area contributed by atoms with Gasteiger partial charge in [0, 0.05) is 23.8 Å². The van der Waals surface area contributed by atoms with Gasteiger partial charge in [0.05, 0.1) is 0 Å². The molecule has 1 aromatic heterocycles. The number of aromatic nitrogens is 3. The quantitative estimate of drug-likeness (QED) is 0.907. The van der Waals surface area contributed by atoms with Gasteiger partial charge in [0.1, 0.15) is 0 Å². The third kappa shape index (κ3) is 3.00. The normalized spacial score (nSPS) is 14.5. The molecule has 110 valence electrons. The summed E-state index contributed by atoms with van der Waals surface area (Å²) in [6.45, 7) is 3.86. The Hall–Kier alpha value is -2.08. The molecular formula is C14H17ClN6. The summed E-state index contributed by atoms with van der Waals surface area (Å²) in [7, 11) is 0. The summed E-state index contributed by atoms with van der Waals surface area (Å²) in [5, 5.41) is 3.86. The zero-order valence-corrected chi connectivity index (χ0v) is 12.6. The molecule has 21 heavy (non-hydrogen) atoms. The minimum absolute atomic E-state index is 0.217. The van der Waals surface area contributed by atoms with Crippen LogP contribution >= 0.6 is 11.6 Å². The van der Waals surface area contributed by atoms with Crippen LogP contribution in [0, 0.1) is 6.92 Å². The van der Waals surface area contributed by atoms with Crippen LogP contribution in [0.1, 0.15) is 18.4 Å². The average molecular weight is 305 g/mol. The molecule has 0 atom stereocenters. The van der Waals surface area contributed by atoms with E-state index in [1.807, 2.05) is 25.1 Å². The summed E-state index contributed by atoms with van der Waals surface area (Å²) < 4.78 is 0. The van der Waals surface area contributed by atoms with Crippen LogP contribution in [0.15, 0.2) is 18.2 Å². The highest BCUT2D eigenvalue weighted by Crippen LogP contribution is 2.26. The number of anilines is 4. The highest BCUT2D eigenvalue weighted by molar-refractivity contribution is 6.31. The van der Waals surface area contributed by atoms with Crippen LogP contribution in [0.25, 0.3) is 0 Å². The first-order valence-electron chi connectivity index (χ1n) is 6.92. The fourth-order valence-electron chi connectivity index (χ4n) is 2.36. The second-order valence-electron chi connectivity index (χ2n) is 5.05. The summed E-state index contributed by atoms with van der Waals surface area (Å²) in [4.78, 5) is 14.9.